The summed E-state index contributed by atoms with van der Waals surface area (Å²) in [6.07, 6.45) is 2.91. The normalized spacial score (nSPS) is 26.8. The van der Waals surface area contributed by atoms with Crippen LogP contribution < -0.4 is 5.32 Å². The van der Waals surface area contributed by atoms with Crippen LogP contribution in [-0.2, 0) is 4.79 Å². The van der Waals surface area contributed by atoms with Crippen molar-refractivity contribution >= 4 is 29.0 Å². The van der Waals surface area contributed by atoms with Gasteiger partial charge in [-0.25, -0.2) is 4.98 Å². The minimum Gasteiger partial charge on any atom is -0.342 e. The summed E-state index contributed by atoms with van der Waals surface area (Å²) < 4.78 is 0. The summed E-state index contributed by atoms with van der Waals surface area (Å²) in [6, 6.07) is 0.360. The minimum absolute atomic E-state index is 0.313. The van der Waals surface area contributed by atoms with Gasteiger partial charge in [-0.1, -0.05) is 0 Å². The standard InChI is InChI=1S/C15H23N3OS2/c1-11-9-21-15(17-11)12-3-2-5-18(8-12)14(19)7-13-10-20-6-4-16-13/h9,12-13,16H,2-8,10H2,1H3. The molecule has 0 bridgehead atoms. The van der Waals surface area contributed by atoms with Crippen molar-refractivity contribution in [3.8, 4) is 0 Å². The van der Waals surface area contributed by atoms with Crippen LogP contribution in [0.5, 0.6) is 0 Å². The Morgan fingerprint density at radius 2 is 2.48 bits per heavy atom. The zero-order valence-electron chi connectivity index (χ0n) is 12.5. The first-order valence-electron chi connectivity index (χ1n) is 7.73. The molecule has 4 nitrogen and oxygen atoms in total. The third kappa shape index (κ3) is 3.99. The van der Waals surface area contributed by atoms with Crippen molar-refractivity contribution in [3.63, 3.8) is 0 Å². The van der Waals surface area contributed by atoms with E-state index in [-0.39, 0.29) is 0 Å². The summed E-state index contributed by atoms with van der Waals surface area (Å²) in [6.45, 7) is 4.84. The Morgan fingerprint density at radius 1 is 1.57 bits per heavy atom. The Hall–Kier alpha value is -0.590. The van der Waals surface area contributed by atoms with Gasteiger partial charge in [0.05, 0.1) is 5.01 Å². The Morgan fingerprint density at radius 3 is 3.19 bits per heavy atom. The minimum atomic E-state index is 0.313. The molecule has 3 heterocycles. The van der Waals surface area contributed by atoms with Gasteiger partial charge in [-0.3, -0.25) is 4.79 Å². The number of rotatable bonds is 3. The first kappa shape index (κ1) is 15.3. The zero-order valence-corrected chi connectivity index (χ0v) is 14.1. The molecule has 6 heteroatoms. The fourth-order valence-corrected chi connectivity index (χ4v) is 4.93. The molecular formula is C15H23N3OS2. The van der Waals surface area contributed by atoms with Crippen LogP contribution >= 0.6 is 23.1 Å². The number of hydrogen-bond donors (Lipinski definition) is 1. The molecule has 0 radical (unpaired) electrons. The van der Waals surface area contributed by atoms with Gasteiger partial charge in [-0.2, -0.15) is 11.8 Å². The number of nitrogens with zero attached hydrogens (tertiary/aromatic N) is 2. The van der Waals surface area contributed by atoms with Crippen LogP contribution in [0.25, 0.3) is 0 Å². The lowest BCUT2D eigenvalue weighted by Gasteiger charge is -2.33. The Balaban J connectivity index is 1.56. The summed E-state index contributed by atoms with van der Waals surface area (Å²) in [7, 11) is 0. The first-order valence-corrected chi connectivity index (χ1v) is 9.77. The Kier molecular flexibility index (Phi) is 5.19. The maximum absolute atomic E-state index is 12.5. The number of thiazole rings is 1. The molecule has 2 fully saturated rings. The van der Waals surface area contributed by atoms with Gasteiger partial charge in [0.25, 0.3) is 0 Å². The highest BCUT2D eigenvalue weighted by Gasteiger charge is 2.28. The van der Waals surface area contributed by atoms with Gasteiger partial charge in [0.1, 0.15) is 0 Å². The molecule has 0 aromatic carbocycles. The van der Waals surface area contributed by atoms with Crippen LogP contribution in [-0.4, -0.2) is 53.0 Å². The second-order valence-corrected chi connectivity index (χ2v) is 7.98. The number of thioether (sulfide) groups is 1. The number of piperidine rings is 1. The van der Waals surface area contributed by atoms with Crippen molar-refractivity contribution in [1.29, 1.82) is 0 Å². The fraction of sp³-hybridized carbons (Fsp3) is 0.733. The molecule has 2 atom stereocenters. The van der Waals surface area contributed by atoms with Crippen LogP contribution in [0.3, 0.4) is 0 Å². The molecule has 0 saturated carbocycles. The molecular weight excluding hydrogens is 302 g/mol. The van der Waals surface area contributed by atoms with Gasteiger partial charge in [0.15, 0.2) is 0 Å². The zero-order chi connectivity index (χ0) is 14.7. The molecule has 2 aliphatic rings. The summed E-state index contributed by atoms with van der Waals surface area (Å²) in [5.41, 5.74) is 1.10. The predicted octanol–water partition coefficient (Wildman–Crippen LogP) is 2.25. The molecule has 0 aliphatic carbocycles. The lowest BCUT2D eigenvalue weighted by Crippen LogP contribution is -2.45. The van der Waals surface area contributed by atoms with Gasteiger partial charge in [-0.05, 0) is 19.8 Å². The molecule has 21 heavy (non-hydrogen) atoms. The highest BCUT2D eigenvalue weighted by Crippen LogP contribution is 2.29. The molecule has 116 valence electrons. The lowest BCUT2D eigenvalue weighted by molar-refractivity contribution is -0.132. The van der Waals surface area contributed by atoms with Crippen molar-refractivity contribution in [2.75, 3.05) is 31.1 Å². The molecule has 1 aromatic heterocycles. The van der Waals surface area contributed by atoms with E-state index in [2.05, 4.69) is 20.6 Å². The number of hydrogen-bond acceptors (Lipinski definition) is 5. The van der Waals surface area contributed by atoms with Crippen LogP contribution in [0, 0.1) is 6.92 Å². The van der Waals surface area contributed by atoms with Crippen LogP contribution in [0.1, 0.15) is 35.9 Å². The quantitative estimate of drug-likeness (QED) is 0.926. The van der Waals surface area contributed by atoms with Crippen molar-refractivity contribution in [2.45, 2.75) is 38.1 Å². The fourth-order valence-electron chi connectivity index (χ4n) is 3.06. The second kappa shape index (κ2) is 7.11. The average molecular weight is 326 g/mol. The third-order valence-electron chi connectivity index (χ3n) is 4.18. The molecule has 3 rings (SSSR count). The van der Waals surface area contributed by atoms with E-state index < -0.39 is 0 Å². The molecule has 0 spiro atoms. The van der Waals surface area contributed by atoms with Gasteiger partial charge in [0.2, 0.25) is 5.91 Å². The van der Waals surface area contributed by atoms with E-state index >= 15 is 0 Å². The van der Waals surface area contributed by atoms with Gasteiger partial charge in [0, 0.05) is 60.6 Å². The van der Waals surface area contributed by atoms with Crippen LogP contribution in [0.4, 0.5) is 0 Å². The highest BCUT2D eigenvalue weighted by atomic mass is 32.2. The number of aromatic nitrogens is 1. The van der Waals surface area contributed by atoms with Crippen LogP contribution in [0.2, 0.25) is 0 Å². The maximum atomic E-state index is 12.5. The molecule has 2 aliphatic heterocycles. The molecule has 1 N–H and O–H groups in total. The van der Waals surface area contributed by atoms with E-state index in [9.17, 15) is 4.79 Å². The summed E-state index contributed by atoms with van der Waals surface area (Å²) >= 11 is 3.69. The lowest BCUT2D eigenvalue weighted by atomic mass is 9.98. The summed E-state index contributed by atoms with van der Waals surface area (Å²) in [4.78, 5) is 19.2. The number of carbonyl (C=O) groups is 1. The monoisotopic (exact) mass is 325 g/mol. The topological polar surface area (TPSA) is 45.2 Å². The number of nitrogens with one attached hydrogen (secondary N) is 1. The third-order valence-corrected chi connectivity index (χ3v) is 6.44. The Labute approximate surface area is 134 Å². The predicted molar refractivity (Wildman–Crippen MR) is 89.1 cm³/mol. The van der Waals surface area contributed by atoms with Gasteiger partial charge in [-0.15, -0.1) is 11.3 Å². The Bertz CT molecular complexity index is 485. The van der Waals surface area contributed by atoms with Crippen molar-refractivity contribution < 1.29 is 4.79 Å². The number of carbonyl (C=O) groups excluding carboxylic acids is 1. The largest absolute Gasteiger partial charge is 0.342 e. The highest BCUT2D eigenvalue weighted by molar-refractivity contribution is 7.99. The average Bonchev–Trinajstić information content (AvgIpc) is 2.95. The van der Waals surface area contributed by atoms with Crippen molar-refractivity contribution in [3.05, 3.63) is 16.1 Å². The number of likely N-dealkylation sites (tertiary alicyclic amines) is 1. The molecule has 1 amide bonds. The number of aryl methyl sites for hydroxylation is 1. The maximum Gasteiger partial charge on any atom is 0.224 e. The van der Waals surface area contributed by atoms with Gasteiger partial charge < -0.3 is 10.2 Å². The second-order valence-electron chi connectivity index (χ2n) is 5.94. The van der Waals surface area contributed by atoms with E-state index in [1.165, 1.54) is 10.8 Å². The summed E-state index contributed by atoms with van der Waals surface area (Å²) in [5.74, 6) is 2.98. The van der Waals surface area contributed by atoms with Gasteiger partial charge >= 0.3 is 0 Å². The van der Waals surface area contributed by atoms with E-state index in [0.29, 0.717) is 24.3 Å². The van der Waals surface area contributed by atoms with E-state index in [4.69, 9.17) is 0 Å². The molecule has 2 unspecified atom stereocenters. The summed E-state index contributed by atoms with van der Waals surface area (Å²) in [5, 5.41) is 6.77. The molecule has 2 saturated heterocycles. The van der Waals surface area contributed by atoms with E-state index in [1.807, 2.05) is 18.7 Å². The SMILES string of the molecule is Cc1csc(C2CCCN(C(=O)CC3CSCCN3)C2)n1. The number of amides is 1. The smallest absolute Gasteiger partial charge is 0.224 e. The molecule has 1 aromatic rings. The van der Waals surface area contributed by atoms with E-state index in [0.717, 1.165) is 43.9 Å². The van der Waals surface area contributed by atoms with Crippen molar-refractivity contribution in [1.82, 2.24) is 15.2 Å². The first-order chi connectivity index (χ1) is 10.2. The van der Waals surface area contributed by atoms with Crippen LogP contribution in [0.15, 0.2) is 5.38 Å². The van der Waals surface area contributed by atoms with E-state index in [1.54, 1.807) is 11.3 Å². The van der Waals surface area contributed by atoms with Crippen molar-refractivity contribution in [2.24, 2.45) is 0 Å².